The third kappa shape index (κ3) is 3.10. The molecule has 0 spiro atoms. The summed E-state index contributed by atoms with van der Waals surface area (Å²) in [6.45, 7) is 3.93. The number of nitrogens with one attached hydrogen (secondary N) is 1. The van der Waals surface area contributed by atoms with Gasteiger partial charge in [0.1, 0.15) is 5.82 Å². The Hall–Kier alpha value is -2.36. The fourth-order valence-electron chi connectivity index (χ4n) is 1.83. The number of rotatable bonds is 3. The van der Waals surface area contributed by atoms with Crippen LogP contribution in [0.5, 0.6) is 0 Å². The van der Waals surface area contributed by atoms with Crippen molar-refractivity contribution in [2.45, 2.75) is 20.3 Å². The second-order valence-electron chi connectivity index (χ2n) is 4.39. The molecule has 0 saturated carbocycles. The van der Waals surface area contributed by atoms with E-state index in [1.807, 2.05) is 38.1 Å². The minimum absolute atomic E-state index is 0.168. The number of benzene rings is 1. The average Bonchev–Trinajstić information content (AvgIpc) is 2.40. The summed E-state index contributed by atoms with van der Waals surface area (Å²) < 4.78 is 0. The molecule has 0 aliphatic rings. The number of aryl methyl sites for hydroxylation is 2. The molecule has 0 saturated heterocycles. The predicted molar refractivity (Wildman–Crippen MR) is 77.2 cm³/mol. The highest BCUT2D eigenvalue weighted by molar-refractivity contribution is 6.05. The van der Waals surface area contributed by atoms with E-state index in [1.54, 1.807) is 12.1 Å². The molecule has 98 valence electrons. The third-order valence-corrected chi connectivity index (χ3v) is 2.92. The largest absolute Gasteiger partial charge is 0.384 e. The Morgan fingerprint density at radius 1 is 1.32 bits per heavy atom. The molecule has 0 bridgehead atoms. The number of nitrogen functional groups attached to an aromatic ring is 1. The molecule has 4 heteroatoms. The van der Waals surface area contributed by atoms with Crippen LogP contribution < -0.4 is 11.1 Å². The molecule has 1 aromatic carbocycles. The van der Waals surface area contributed by atoms with Gasteiger partial charge in [0.15, 0.2) is 0 Å². The van der Waals surface area contributed by atoms with Crippen molar-refractivity contribution in [3.05, 3.63) is 53.2 Å². The third-order valence-electron chi connectivity index (χ3n) is 2.92. The highest BCUT2D eigenvalue weighted by Gasteiger charge is 2.09. The van der Waals surface area contributed by atoms with Crippen molar-refractivity contribution in [2.75, 3.05) is 11.1 Å². The number of carbonyl (C=O) groups is 1. The molecule has 0 aliphatic carbocycles. The molecule has 0 unspecified atom stereocenters. The fraction of sp³-hybridized carbons (Fsp3) is 0.200. The molecular formula is C15H17N3O. The van der Waals surface area contributed by atoms with Gasteiger partial charge in [-0.15, -0.1) is 0 Å². The van der Waals surface area contributed by atoms with Gasteiger partial charge in [-0.3, -0.25) is 4.79 Å². The van der Waals surface area contributed by atoms with Gasteiger partial charge < -0.3 is 11.1 Å². The van der Waals surface area contributed by atoms with Gasteiger partial charge in [-0.1, -0.05) is 25.1 Å². The smallest absolute Gasteiger partial charge is 0.255 e. The number of anilines is 2. The van der Waals surface area contributed by atoms with E-state index >= 15 is 0 Å². The van der Waals surface area contributed by atoms with Crippen LogP contribution in [0.3, 0.4) is 0 Å². The van der Waals surface area contributed by atoms with Crippen LogP contribution in [0.1, 0.15) is 28.5 Å². The zero-order valence-corrected chi connectivity index (χ0v) is 11.1. The van der Waals surface area contributed by atoms with Gasteiger partial charge in [-0.2, -0.15) is 0 Å². The summed E-state index contributed by atoms with van der Waals surface area (Å²) in [4.78, 5) is 16.3. The van der Waals surface area contributed by atoms with Crippen LogP contribution >= 0.6 is 0 Å². The van der Waals surface area contributed by atoms with Crippen LogP contribution in [0.15, 0.2) is 36.4 Å². The summed E-state index contributed by atoms with van der Waals surface area (Å²) in [5, 5.41) is 2.88. The second-order valence-corrected chi connectivity index (χ2v) is 4.39. The Balaban J connectivity index is 2.25. The molecule has 2 rings (SSSR count). The van der Waals surface area contributed by atoms with Crippen molar-refractivity contribution in [1.82, 2.24) is 4.98 Å². The molecule has 1 aromatic heterocycles. The molecule has 1 amide bonds. The molecule has 1 heterocycles. The van der Waals surface area contributed by atoms with Crippen LogP contribution in [-0.2, 0) is 6.42 Å². The van der Waals surface area contributed by atoms with E-state index < -0.39 is 0 Å². The number of hydrogen-bond donors (Lipinski definition) is 2. The number of nitrogens with two attached hydrogens (primary N) is 1. The van der Waals surface area contributed by atoms with Crippen molar-refractivity contribution in [1.29, 1.82) is 0 Å². The Labute approximate surface area is 112 Å². The summed E-state index contributed by atoms with van der Waals surface area (Å²) in [7, 11) is 0. The molecule has 2 aromatic rings. The Bertz CT molecular complexity index is 608. The van der Waals surface area contributed by atoms with Crippen LogP contribution in [0.4, 0.5) is 11.5 Å². The number of hydrogen-bond acceptors (Lipinski definition) is 3. The Morgan fingerprint density at radius 3 is 2.74 bits per heavy atom. The topological polar surface area (TPSA) is 68.0 Å². The standard InChI is InChI=1S/C15H17N3O/c1-3-12-8-11(9-14(16)17-12)15(19)18-13-7-5-4-6-10(13)2/h4-9H,3H2,1-2H3,(H2,16,17)(H,18,19). The monoisotopic (exact) mass is 255 g/mol. The molecule has 3 N–H and O–H groups in total. The lowest BCUT2D eigenvalue weighted by molar-refractivity contribution is 0.102. The van der Waals surface area contributed by atoms with E-state index in [0.717, 1.165) is 23.4 Å². The number of para-hydroxylation sites is 1. The highest BCUT2D eigenvalue weighted by Crippen LogP contribution is 2.16. The van der Waals surface area contributed by atoms with Crippen molar-refractivity contribution in [2.24, 2.45) is 0 Å². The van der Waals surface area contributed by atoms with Crippen molar-refractivity contribution >= 4 is 17.4 Å². The van der Waals surface area contributed by atoms with Crippen LogP contribution in [0.2, 0.25) is 0 Å². The number of amides is 1. The summed E-state index contributed by atoms with van der Waals surface area (Å²) in [5.74, 6) is 0.201. The molecule has 0 atom stereocenters. The molecular weight excluding hydrogens is 238 g/mol. The second kappa shape index (κ2) is 5.52. The summed E-state index contributed by atoms with van der Waals surface area (Å²) >= 11 is 0. The first-order chi connectivity index (χ1) is 9.10. The lowest BCUT2D eigenvalue weighted by Gasteiger charge is -2.09. The number of pyridine rings is 1. The van der Waals surface area contributed by atoms with E-state index in [-0.39, 0.29) is 5.91 Å². The highest BCUT2D eigenvalue weighted by atomic mass is 16.1. The first kappa shape index (κ1) is 13.1. The van der Waals surface area contributed by atoms with E-state index in [4.69, 9.17) is 5.73 Å². The van der Waals surface area contributed by atoms with E-state index in [9.17, 15) is 4.79 Å². The normalized spacial score (nSPS) is 10.2. The number of aromatic nitrogens is 1. The molecule has 19 heavy (non-hydrogen) atoms. The van der Waals surface area contributed by atoms with Gasteiger partial charge in [0.05, 0.1) is 0 Å². The molecule has 0 fully saturated rings. The first-order valence-corrected chi connectivity index (χ1v) is 6.23. The average molecular weight is 255 g/mol. The quantitative estimate of drug-likeness (QED) is 0.886. The maximum atomic E-state index is 12.2. The van der Waals surface area contributed by atoms with Crippen LogP contribution in [-0.4, -0.2) is 10.9 Å². The fourth-order valence-corrected chi connectivity index (χ4v) is 1.83. The zero-order valence-electron chi connectivity index (χ0n) is 11.1. The van der Waals surface area contributed by atoms with Gasteiger partial charge >= 0.3 is 0 Å². The maximum absolute atomic E-state index is 12.2. The van der Waals surface area contributed by atoms with Gasteiger partial charge in [-0.05, 0) is 37.1 Å². The van der Waals surface area contributed by atoms with Crippen molar-refractivity contribution in [3.63, 3.8) is 0 Å². The van der Waals surface area contributed by atoms with Crippen molar-refractivity contribution in [3.8, 4) is 0 Å². The summed E-state index contributed by atoms with van der Waals surface area (Å²) in [6, 6.07) is 11.0. The molecule has 0 radical (unpaired) electrons. The maximum Gasteiger partial charge on any atom is 0.255 e. The minimum atomic E-state index is -0.168. The van der Waals surface area contributed by atoms with E-state index in [1.165, 1.54) is 0 Å². The lowest BCUT2D eigenvalue weighted by Crippen LogP contribution is -2.14. The van der Waals surface area contributed by atoms with Crippen molar-refractivity contribution < 1.29 is 4.79 Å². The zero-order chi connectivity index (χ0) is 13.8. The summed E-state index contributed by atoms with van der Waals surface area (Å²) in [6.07, 6.45) is 0.746. The lowest BCUT2D eigenvalue weighted by atomic mass is 10.1. The number of nitrogens with zero attached hydrogens (tertiary/aromatic N) is 1. The van der Waals surface area contributed by atoms with Crippen LogP contribution in [0.25, 0.3) is 0 Å². The number of carbonyl (C=O) groups excluding carboxylic acids is 1. The van der Waals surface area contributed by atoms with Gasteiger partial charge in [0.25, 0.3) is 5.91 Å². The van der Waals surface area contributed by atoms with Gasteiger partial charge in [0.2, 0.25) is 0 Å². The molecule has 4 nitrogen and oxygen atoms in total. The Morgan fingerprint density at radius 2 is 2.05 bits per heavy atom. The van der Waals surface area contributed by atoms with E-state index in [2.05, 4.69) is 10.3 Å². The molecule has 0 aliphatic heterocycles. The Kier molecular flexibility index (Phi) is 3.80. The predicted octanol–water partition coefficient (Wildman–Crippen LogP) is 2.79. The van der Waals surface area contributed by atoms with Gasteiger partial charge in [-0.25, -0.2) is 4.98 Å². The van der Waals surface area contributed by atoms with E-state index in [0.29, 0.717) is 11.4 Å². The summed E-state index contributed by atoms with van der Waals surface area (Å²) in [5.41, 5.74) is 8.88. The SMILES string of the molecule is CCc1cc(C(=O)Nc2ccccc2C)cc(N)n1. The van der Waals surface area contributed by atoms with Gasteiger partial charge in [0, 0.05) is 16.9 Å². The first-order valence-electron chi connectivity index (χ1n) is 6.23. The minimum Gasteiger partial charge on any atom is -0.384 e. The van der Waals surface area contributed by atoms with Crippen LogP contribution in [0, 0.1) is 6.92 Å².